The van der Waals surface area contributed by atoms with Gasteiger partial charge in [0.15, 0.2) is 0 Å². The molecule has 3 saturated heterocycles. The van der Waals surface area contributed by atoms with Crippen molar-refractivity contribution < 1.29 is 14.0 Å². The standard InChI is InChI=1S/C35H44FN5O2/c1-24-38-30-9-2-3-10-31(30)41(24)29-22-27-11-12-28(23-29)40(27)20-17-34(25-7-6-8-26(36)21-25)15-18-39(19-16-34)33(43)35(32(37)42)13-4-5-14-35/h2-3,6-10,21,27-29H,4-5,11-20,22-23H2,1H3,(H2,37,42)/t27-,28+,29?. The highest BCUT2D eigenvalue weighted by atomic mass is 19.1. The number of carbonyl (C=O) groups is 2. The predicted molar refractivity (Wildman–Crippen MR) is 165 cm³/mol. The fourth-order valence-electron chi connectivity index (χ4n) is 9.28. The first-order valence-electron chi connectivity index (χ1n) is 16.3. The van der Waals surface area contributed by atoms with Crippen LogP contribution in [-0.4, -0.2) is 62.9 Å². The van der Waals surface area contributed by atoms with E-state index in [0.717, 1.165) is 68.4 Å². The van der Waals surface area contributed by atoms with Gasteiger partial charge in [-0.1, -0.05) is 37.1 Å². The zero-order valence-electron chi connectivity index (χ0n) is 25.3. The number of hydrogen-bond donors (Lipinski definition) is 1. The molecule has 3 atom stereocenters. The molecule has 1 aromatic heterocycles. The number of halogens is 1. The highest BCUT2D eigenvalue weighted by molar-refractivity contribution is 6.04. The third kappa shape index (κ3) is 4.86. The number of primary amides is 1. The lowest BCUT2D eigenvalue weighted by molar-refractivity contribution is -0.150. The number of amides is 2. The molecule has 7 rings (SSSR count). The maximum atomic E-state index is 14.6. The van der Waals surface area contributed by atoms with Crippen molar-refractivity contribution in [2.75, 3.05) is 19.6 Å². The maximum absolute atomic E-state index is 14.6. The number of nitrogens with two attached hydrogens (primary N) is 1. The molecule has 228 valence electrons. The van der Waals surface area contributed by atoms with Crippen LogP contribution in [0, 0.1) is 18.2 Å². The molecular weight excluding hydrogens is 541 g/mol. The molecule has 2 amide bonds. The van der Waals surface area contributed by atoms with Gasteiger partial charge >= 0.3 is 0 Å². The third-order valence-corrected chi connectivity index (χ3v) is 11.6. The molecule has 2 N–H and O–H groups in total. The molecule has 3 aromatic rings. The summed E-state index contributed by atoms with van der Waals surface area (Å²) in [7, 11) is 0. The summed E-state index contributed by atoms with van der Waals surface area (Å²) in [6.07, 6.45) is 10.0. The van der Waals surface area contributed by atoms with E-state index in [0.29, 0.717) is 44.1 Å². The Morgan fingerprint density at radius 1 is 0.953 bits per heavy atom. The van der Waals surface area contributed by atoms with Crippen LogP contribution in [0.1, 0.15) is 88.1 Å². The molecule has 1 saturated carbocycles. The van der Waals surface area contributed by atoms with Gasteiger partial charge in [-0.2, -0.15) is 0 Å². The number of benzene rings is 2. The molecule has 7 nitrogen and oxygen atoms in total. The summed E-state index contributed by atoms with van der Waals surface area (Å²) in [5, 5.41) is 0. The summed E-state index contributed by atoms with van der Waals surface area (Å²) >= 11 is 0. The Bertz CT molecular complexity index is 1510. The SMILES string of the molecule is Cc1nc2ccccc2n1C1C[C@H]2CC[C@@H](C1)N2CCC1(c2cccc(F)c2)CCN(C(=O)C2(C(N)=O)CCCC2)CC1. The number of likely N-dealkylation sites (tertiary alicyclic amines) is 1. The Morgan fingerprint density at radius 3 is 2.33 bits per heavy atom. The van der Waals surface area contributed by atoms with Crippen LogP contribution in [0.5, 0.6) is 0 Å². The summed E-state index contributed by atoms with van der Waals surface area (Å²) in [4.78, 5) is 35.6. The second-order valence-electron chi connectivity index (χ2n) is 13.8. The Morgan fingerprint density at radius 2 is 1.65 bits per heavy atom. The first-order valence-corrected chi connectivity index (χ1v) is 16.3. The molecule has 1 aliphatic carbocycles. The normalized spacial score (nSPS) is 26.7. The Kier molecular flexibility index (Phi) is 7.31. The molecule has 2 bridgehead atoms. The molecule has 1 unspecified atom stereocenters. The van der Waals surface area contributed by atoms with Crippen molar-refractivity contribution in [1.82, 2.24) is 19.4 Å². The Balaban J connectivity index is 1.08. The number of fused-ring (bicyclic) bond motifs is 3. The van der Waals surface area contributed by atoms with Gasteiger partial charge in [-0.3, -0.25) is 14.5 Å². The van der Waals surface area contributed by atoms with Crippen molar-refractivity contribution >= 4 is 22.8 Å². The number of aryl methyl sites for hydroxylation is 1. The van der Waals surface area contributed by atoms with E-state index >= 15 is 0 Å². The summed E-state index contributed by atoms with van der Waals surface area (Å²) in [5.41, 5.74) is 7.90. The van der Waals surface area contributed by atoms with Crippen LogP contribution in [0.4, 0.5) is 4.39 Å². The largest absolute Gasteiger partial charge is 0.369 e. The van der Waals surface area contributed by atoms with E-state index in [2.05, 4.69) is 46.7 Å². The average molecular weight is 586 g/mol. The van der Waals surface area contributed by atoms with Gasteiger partial charge in [-0.25, -0.2) is 9.37 Å². The fourth-order valence-corrected chi connectivity index (χ4v) is 9.28. The number of aromatic nitrogens is 2. The van der Waals surface area contributed by atoms with Crippen molar-refractivity contribution in [1.29, 1.82) is 0 Å². The van der Waals surface area contributed by atoms with Crippen LogP contribution in [0.3, 0.4) is 0 Å². The number of para-hydroxylation sites is 2. The van der Waals surface area contributed by atoms with Gasteiger partial charge < -0.3 is 15.2 Å². The van der Waals surface area contributed by atoms with Crippen LogP contribution < -0.4 is 5.73 Å². The van der Waals surface area contributed by atoms with Crippen molar-refractivity contribution in [3.63, 3.8) is 0 Å². The van der Waals surface area contributed by atoms with Crippen molar-refractivity contribution in [3.8, 4) is 0 Å². The van der Waals surface area contributed by atoms with E-state index in [-0.39, 0.29) is 17.1 Å². The van der Waals surface area contributed by atoms with Gasteiger partial charge in [0, 0.05) is 31.2 Å². The van der Waals surface area contributed by atoms with Crippen LogP contribution in [0.2, 0.25) is 0 Å². The fraction of sp³-hybridized carbons (Fsp3) is 0.571. The minimum absolute atomic E-state index is 0.0900. The topological polar surface area (TPSA) is 84.5 Å². The van der Waals surface area contributed by atoms with Crippen LogP contribution in [-0.2, 0) is 15.0 Å². The van der Waals surface area contributed by atoms with Gasteiger partial charge in [0.05, 0.1) is 11.0 Å². The average Bonchev–Trinajstić information content (AvgIpc) is 3.70. The van der Waals surface area contributed by atoms with Crippen molar-refractivity contribution in [3.05, 3.63) is 65.7 Å². The number of imidazole rings is 1. The predicted octanol–water partition coefficient (Wildman–Crippen LogP) is 5.65. The number of hydrogen-bond acceptors (Lipinski definition) is 4. The highest BCUT2D eigenvalue weighted by Crippen LogP contribution is 2.46. The van der Waals surface area contributed by atoms with Gasteiger partial charge in [-0.15, -0.1) is 0 Å². The number of carbonyl (C=O) groups excluding carboxylic acids is 2. The van der Waals surface area contributed by atoms with E-state index in [1.807, 2.05) is 11.0 Å². The second kappa shape index (κ2) is 11.0. The monoisotopic (exact) mass is 585 g/mol. The lowest BCUT2D eigenvalue weighted by Crippen LogP contribution is -2.54. The number of nitrogens with zero attached hydrogens (tertiary/aromatic N) is 4. The molecule has 4 heterocycles. The molecule has 0 radical (unpaired) electrons. The third-order valence-electron chi connectivity index (χ3n) is 11.6. The summed E-state index contributed by atoms with van der Waals surface area (Å²) in [6, 6.07) is 17.1. The molecule has 4 aliphatic rings. The molecule has 2 aromatic carbocycles. The van der Waals surface area contributed by atoms with Gasteiger partial charge in [0.25, 0.3) is 0 Å². The van der Waals surface area contributed by atoms with Gasteiger partial charge in [0.1, 0.15) is 17.1 Å². The smallest absolute Gasteiger partial charge is 0.238 e. The minimum atomic E-state index is -1.04. The first kappa shape index (κ1) is 28.5. The maximum Gasteiger partial charge on any atom is 0.238 e. The Hall–Kier alpha value is -3.26. The first-order chi connectivity index (χ1) is 20.8. The van der Waals surface area contributed by atoms with Crippen molar-refractivity contribution in [2.45, 2.75) is 101 Å². The lowest BCUT2D eigenvalue weighted by Gasteiger charge is -2.46. The van der Waals surface area contributed by atoms with Gasteiger partial charge in [0.2, 0.25) is 11.8 Å². The molecule has 4 fully saturated rings. The summed E-state index contributed by atoms with van der Waals surface area (Å²) in [5.74, 6) is 0.321. The van der Waals surface area contributed by atoms with E-state index in [4.69, 9.17) is 10.7 Å². The number of piperidine rings is 2. The van der Waals surface area contributed by atoms with Crippen molar-refractivity contribution in [2.24, 2.45) is 11.1 Å². The van der Waals surface area contributed by atoms with E-state index in [1.165, 1.54) is 24.4 Å². The van der Waals surface area contributed by atoms with Crippen LogP contribution in [0.25, 0.3) is 11.0 Å². The number of rotatable bonds is 7. The van der Waals surface area contributed by atoms with E-state index in [9.17, 15) is 14.0 Å². The highest BCUT2D eigenvalue weighted by Gasteiger charge is 2.50. The van der Waals surface area contributed by atoms with Crippen LogP contribution >= 0.6 is 0 Å². The summed E-state index contributed by atoms with van der Waals surface area (Å²) in [6.45, 7) is 4.26. The molecule has 0 spiro atoms. The molecule has 43 heavy (non-hydrogen) atoms. The quantitative estimate of drug-likeness (QED) is 0.364. The zero-order chi connectivity index (χ0) is 29.8. The van der Waals surface area contributed by atoms with E-state index in [1.54, 1.807) is 6.07 Å². The molecule has 8 heteroatoms. The van der Waals surface area contributed by atoms with Crippen LogP contribution in [0.15, 0.2) is 48.5 Å². The van der Waals surface area contributed by atoms with E-state index < -0.39 is 11.3 Å². The molecule has 3 aliphatic heterocycles. The minimum Gasteiger partial charge on any atom is -0.369 e. The molecular formula is C35H44FN5O2. The zero-order valence-corrected chi connectivity index (χ0v) is 25.3. The second-order valence-corrected chi connectivity index (χ2v) is 13.8. The summed E-state index contributed by atoms with van der Waals surface area (Å²) < 4.78 is 17.0. The Labute approximate surface area is 253 Å². The lowest BCUT2D eigenvalue weighted by atomic mass is 9.69. The van der Waals surface area contributed by atoms with Gasteiger partial charge in [-0.05, 0) is 106 Å².